The van der Waals surface area contributed by atoms with E-state index in [1.54, 1.807) is 18.2 Å². The number of sulfonamides is 1. The largest absolute Gasteiger partial charge is 0.354 e. The van der Waals surface area contributed by atoms with Crippen LogP contribution in [0.4, 0.5) is 10.1 Å². The summed E-state index contributed by atoms with van der Waals surface area (Å²) in [6.45, 7) is 3.93. The van der Waals surface area contributed by atoms with E-state index in [4.69, 9.17) is 0 Å². The highest BCUT2D eigenvalue weighted by molar-refractivity contribution is 7.92. The molecular weight excluding hydrogens is 577 g/mol. The van der Waals surface area contributed by atoms with Gasteiger partial charge in [0.1, 0.15) is 18.4 Å². The van der Waals surface area contributed by atoms with Crippen molar-refractivity contribution in [2.45, 2.75) is 50.6 Å². The fraction of sp³-hybridized carbons (Fsp3) is 0.257. The number of hydrogen-bond acceptors (Lipinski definition) is 4. The zero-order valence-corrected chi connectivity index (χ0v) is 25.8. The second-order valence-corrected chi connectivity index (χ2v) is 12.5. The molecule has 0 saturated heterocycles. The molecule has 9 heteroatoms. The van der Waals surface area contributed by atoms with Crippen LogP contribution in [0.1, 0.15) is 36.5 Å². The molecule has 0 aromatic heterocycles. The molecule has 0 heterocycles. The molecule has 4 aromatic rings. The maximum atomic E-state index is 14.4. The van der Waals surface area contributed by atoms with Crippen molar-refractivity contribution >= 4 is 27.5 Å². The number of rotatable bonds is 14. The first kappa shape index (κ1) is 32.4. The highest BCUT2D eigenvalue weighted by Gasteiger charge is 2.34. The van der Waals surface area contributed by atoms with E-state index in [-0.39, 0.29) is 29.5 Å². The molecule has 0 radical (unpaired) electrons. The summed E-state index contributed by atoms with van der Waals surface area (Å²) in [7, 11) is -4.23. The molecule has 0 bridgehead atoms. The molecular formula is C35H38FN3O4S. The summed E-state index contributed by atoms with van der Waals surface area (Å²) in [5.74, 6) is -1.42. The third-order valence-electron chi connectivity index (χ3n) is 7.30. The Morgan fingerprint density at radius 3 is 2.05 bits per heavy atom. The third-order valence-corrected chi connectivity index (χ3v) is 9.09. The molecule has 0 saturated carbocycles. The number of amides is 2. The van der Waals surface area contributed by atoms with Crippen molar-refractivity contribution in [2.75, 3.05) is 17.4 Å². The second kappa shape index (κ2) is 15.3. The van der Waals surface area contributed by atoms with Crippen LogP contribution in [0.2, 0.25) is 0 Å². The van der Waals surface area contributed by atoms with Crippen LogP contribution in [-0.2, 0) is 32.6 Å². The maximum absolute atomic E-state index is 14.4. The number of anilines is 1. The Morgan fingerprint density at radius 1 is 0.818 bits per heavy atom. The Balaban J connectivity index is 1.77. The predicted octanol–water partition coefficient (Wildman–Crippen LogP) is 5.89. The Labute approximate surface area is 259 Å². The van der Waals surface area contributed by atoms with Gasteiger partial charge in [-0.1, -0.05) is 91.7 Å². The molecule has 2 amide bonds. The summed E-state index contributed by atoms with van der Waals surface area (Å²) in [5.41, 5.74) is 2.83. The zero-order valence-electron chi connectivity index (χ0n) is 25.0. The van der Waals surface area contributed by atoms with Crippen LogP contribution in [0.5, 0.6) is 0 Å². The number of carbonyl (C=O) groups excluding carboxylic acids is 2. The molecule has 1 atom stereocenters. The first-order valence-corrected chi connectivity index (χ1v) is 16.1. The number of unbranched alkanes of at least 4 members (excludes halogenated alkanes) is 1. The standard InChI is InChI=1S/C35H38FN3O4S/c1-3-4-23-37-35(41)33(24-28-11-7-5-8-12-28)38(25-29-17-15-27(2)16-18-29)34(40)26-39(31-21-19-30(36)20-22-31)44(42,43)32-13-9-6-10-14-32/h5-22,33H,3-4,23-26H2,1-2H3,(H,37,41)/t33-/m1/s1. The van der Waals surface area contributed by atoms with Crippen LogP contribution in [0.15, 0.2) is 114 Å². The first-order chi connectivity index (χ1) is 21.2. The van der Waals surface area contributed by atoms with Crippen molar-refractivity contribution in [2.24, 2.45) is 0 Å². The first-order valence-electron chi connectivity index (χ1n) is 14.7. The van der Waals surface area contributed by atoms with Gasteiger partial charge in [0.15, 0.2) is 0 Å². The molecule has 0 fully saturated rings. The van der Waals surface area contributed by atoms with Gasteiger partial charge in [-0.25, -0.2) is 12.8 Å². The predicted molar refractivity (Wildman–Crippen MR) is 171 cm³/mol. The lowest BCUT2D eigenvalue weighted by atomic mass is 10.0. The topological polar surface area (TPSA) is 86.8 Å². The van der Waals surface area contributed by atoms with Gasteiger partial charge in [0.25, 0.3) is 10.0 Å². The monoisotopic (exact) mass is 615 g/mol. The van der Waals surface area contributed by atoms with Crippen LogP contribution >= 0.6 is 0 Å². The van der Waals surface area contributed by atoms with Gasteiger partial charge in [0, 0.05) is 19.5 Å². The molecule has 7 nitrogen and oxygen atoms in total. The van der Waals surface area contributed by atoms with E-state index in [0.717, 1.165) is 46.0 Å². The Kier molecular flexibility index (Phi) is 11.3. The highest BCUT2D eigenvalue weighted by atomic mass is 32.2. The summed E-state index contributed by atoms with van der Waals surface area (Å²) in [4.78, 5) is 29.6. The quantitative estimate of drug-likeness (QED) is 0.179. The average Bonchev–Trinajstić information content (AvgIpc) is 3.03. The van der Waals surface area contributed by atoms with Gasteiger partial charge in [-0.05, 0) is 60.9 Å². The number of halogens is 1. The number of benzene rings is 4. The molecule has 230 valence electrons. The molecule has 1 N–H and O–H groups in total. The van der Waals surface area contributed by atoms with E-state index >= 15 is 0 Å². The van der Waals surface area contributed by atoms with Gasteiger partial charge in [0.05, 0.1) is 10.6 Å². The summed E-state index contributed by atoms with van der Waals surface area (Å²) in [6.07, 6.45) is 1.90. The van der Waals surface area contributed by atoms with E-state index in [1.807, 2.05) is 68.4 Å². The zero-order chi connectivity index (χ0) is 31.5. The minimum absolute atomic E-state index is 0.0136. The Hall–Kier alpha value is -4.50. The van der Waals surface area contributed by atoms with E-state index in [2.05, 4.69) is 5.32 Å². The normalized spacial score (nSPS) is 11.9. The smallest absolute Gasteiger partial charge is 0.264 e. The van der Waals surface area contributed by atoms with Crippen molar-refractivity contribution < 1.29 is 22.4 Å². The third kappa shape index (κ3) is 8.54. The number of aryl methyl sites for hydroxylation is 1. The average molecular weight is 616 g/mol. The molecule has 0 unspecified atom stereocenters. The molecule has 44 heavy (non-hydrogen) atoms. The lowest BCUT2D eigenvalue weighted by Gasteiger charge is -2.34. The molecule has 0 aliphatic carbocycles. The van der Waals surface area contributed by atoms with Crippen molar-refractivity contribution in [3.8, 4) is 0 Å². The molecule has 4 rings (SSSR count). The summed E-state index contributed by atoms with van der Waals surface area (Å²) in [6, 6.07) is 28.9. The van der Waals surface area contributed by atoms with Crippen LogP contribution in [0.3, 0.4) is 0 Å². The number of nitrogens with zero attached hydrogens (tertiary/aromatic N) is 2. The highest BCUT2D eigenvalue weighted by Crippen LogP contribution is 2.25. The van der Waals surface area contributed by atoms with Gasteiger partial charge in [-0.3, -0.25) is 13.9 Å². The van der Waals surface area contributed by atoms with Crippen molar-refractivity contribution in [3.63, 3.8) is 0 Å². The van der Waals surface area contributed by atoms with Gasteiger partial charge in [-0.15, -0.1) is 0 Å². The van der Waals surface area contributed by atoms with E-state index < -0.39 is 34.3 Å². The summed E-state index contributed by atoms with van der Waals surface area (Å²) < 4.78 is 42.7. The summed E-state index contributed by atoms with van der Waals surface area (Å²) in [5, 5.41) is 2.98. The summed E-state index contributed by atoms with van der Waals surface area (Å²) >= 11 is 0. The van der Waals surface area contributed by atoms with Gasteiger partial charge < -0.3 is 10.2 Å². The van der Waals surface area contributed by atoms with Crippen LogP contribution in [0.25, 0.3) is 0 Å². The van der Waals surface area contributed by atoms with Crippen molar-refractivity contribution in [1.29, 1.82) is 0 Å². The second-order valence-electron chi connectivity index (χ2n) is 10.7. The maximum Gasteiger partial charge on any atom is 0.264 e. The van der Waals surface area contributed by atoms with Crippen LogP contribution in [0, 0.1) is 12.7 Å². The van der Waals surface area contributed by atoms with Crippen molar-refractivity contribution in [3.05, 3.63) is 132 Å². The Morgan fingerprint density at radius 2 is 1.43 bits per heavy atom. The number of carbonyl (C=O) groups is 2. The Bertz CT molecular complexity index is 1610. The van der Waals surface area contributed by atoms with Crippen molar-refractivity contribution in [1.82, 2.24) is 10.2 Å². The lowest BCUT2D eigenvalue weighted by molar-refractivity contribution is -0.140. The lowest BCUT2D eigenvalue weighted by Crippen LogP contribution is -2.53. The number of hydrogen-bond donors (Lipinski definition) is 1. The molecule has 0 aliphatic rings. The molecule has 0 aliphatic heterocycles. The molecule has 0 spiro atoms. The van der Waals surface area contributed by atoms with Gasteiger partial charge >= 0.3 is 0 Å². The van der Waals surface area contributed by atoms with E-state index in [1.165, 1.54) is 29.2 Å². The number of nitrogens with one attached hydrogen (secondary N) is 1. The minimum atomic E-state index is -4.23. The fourth-order valence-electron chi connectivity index (χ4n) is 4.81. The van der Waals surface area contributed by atoms with Gasteiger partial charge in [-0.2, -0.15) is 0 Å². The minimum Gasteiger partial charge on any atom is -0.354 e. The molecule has 4 aromatic carbocycles. The fourth-order valence-corrected chi connectivity index (χ4v) is 6.24. The van der Waals surface area contributed by atoms with Gasteiger partial charge in [0.2, 0.25) is 11.8 Å². The van der Waals surface area contributed by atoms with Crippen LogP contribution in [-0.4, -0.2) is 44.3 Å². The SMILES string of the molecule is CCCCNC(=O)[C@@H](Cc1ccccc1)N(Cc1ccc(C)cc1)C(=O)CN(c1ccc(F)cc1)S(=O)(=O)c1ccccc1. The van der Waals surface area contributed by atoms with E-state index in [9.17, 15) is 22.4 Å². The van der Waals surface area contributed by atoms with E-state index in [0.29, 0.717) is 6.54 Å². The van der Waals surface area contributed by atoms with Crippen LogP contribution < -0.4 is 9.62 Å².